The average Bonchev–Trinajstić information content (AvgIpc) is 2.38. The van der Waals surface area contributed by atoms with Crippen LogP contribution in [-0.4, -0.2) is 28.1 Å². The largest absolute Gasteiger partial charge is 0.481 e. The topological polar surface area (TPSA) is 88.4 Å². The van der Waals surface area contributed by atoms with Crippen LogP contribution in [0.4, 0.5) is 0 Å². The first-order valence-corrected chi connectivity index (χ1v) is 7.06. The number of carboxylic acids is 1. The van der Waals surface area contributed by atoms with Crippen molar-refractivity contribution in [2.45, 2.75) is 26.3 Å². The van der Waals surface area contributed by atoms with Crippen LogP contribution in [0.2, 0.25) is 0 Å². The molecule has 1 aromatic heterocycles. The van der Waals surface area contributed by atoms with Crippen LogP contribution in [0.5, 0.6) is 0 Å². The second-order valence-corrected chi connectivity index (χ2v) is 5.41. The summed E-state index contributed by atoms with van der Waals surface area (Å²) in [6.45, 7) is 2.09. The molecule has 0 saturated carbocycles. The van der Waals surface area contributed by atoms with Crippen molar-refractivity contribution in [3.05, 3.63) is 33.2 Å². The lowest BCUT2D eigenvalue weighted by atomic mass is 10.0. The number of nitrogens with zero attached hydrogens (tertiary/aromatic N) is 1. The summed E-state index contributed by atoms with van der Waals surface area (Å²) in [6, 6.07) is 2.98. The molecule has 0 fully saturated rings. The Hall–Kier alpha value is -1.63. The highest BCUT2D eigenvalue weighted by molar-refractivity contribution is 9.10. The van der Waals surface area contributed by atoms with E-state index in [2.05, 4.69) is 21.2 Å². The number of aromatic nitrogens is 1. The molecule has 20 heavy (non-hydrogen) atoms. The summed E-state index contributed by atoms with van der Waals surface area (Å²) >= 11 is 3.23. The second-order valence-electron chi connectivity index (χ2n) is 4.49. The Bertz CT molecular complexity index is 541. The normalized spacial score (nSPS) is 11.9. The molecule has 0 bridgehead atoms. The fraction of sp³-hybridized carbons (Fsp3) is 0.462. The quantitative estimate of drug-likeness (QED) is 0.778. The molecule has 1 heterocycles. The van der Waals surface area contributed by atoms with Gasteiger partial charge in [-0.15, -0.1) is 0 Å². The minimum absolute atomic E-state index is 0.0214. The predicted molar refractivity (Wildman–Crippen MR) is 77.4 cm³/mol. The van der Waals surface area contributed by atoms with E-state index < -0.39 is 5.97 Å². The smallest absolute Gasteiger partial charge is 0.303 e. The highest BCUT2D eigenvalue weighted by Gasteiger charge is 2.13. The van der Waals surface area contributed by atoms with Crippen LogP contribution in [0.25, 0.3) is 0 Å². The molecule has 0 aliphatic carbocycles. The van der Waals surface area contributed by atoms with Gasteiger partial charge in [-0.2, -0.15) is 0 Å². The van der Waals surface area contributed by atoms with Crippen molar-refractivity contribution in [1.29, 1.82) is 0 Å². The van der Waals surface area contributed by atoms with E-state index in [9.17, 15) is 14.4 Å². The molecule has 0 aliphatic rings. The molecule has 6 nitrogen and oxygen atoms in total. The van der Waals surface area contributed by atoms with E-state index >= 15 is 0 Å². The van der Waals surface area contributed by atoms with E-state index in [1.807, 2.05) is 6.92 Å². The number of hydrogen-bond acceptors (Lipinski definition) is 3. The third-order valence-corrected chi connectivity index (χ3v) is 3.36. The zero-order valence-electron chi connectivity index (χ0n) is 11.1. The molecule has 1 aromatic rings. The van der Waals surface area contributed by atoms with Gasteiger partial charge >= 0.3 is 5.97 Å². The number of halogens is 1. The van der Waals surface area contributed by atoms with E-state index in [1.165, 1.54) is 16.8 Å². The maximum absolute atomic E-state index is 11.7. The highest BCUT2D eigenvalue weighted by atomic mass is 79.9. The van der Waals surface area contributed by atoms with Crippen molar-refractivity contribution in [3.8, 4) is 0 Å². The van der Waals surface area contributed by atoms with Crippen LogP contribution in [0.1, 0.15) is 19.8 Å². The third-order valence-electron chi connectivity index (χ3n) is 2.89. The van der Waals surface area contributed by atoms with E-state index in [0.717, 1.165) is 0 Å². The molecule has 1 atom stereocenters. The maximum Gasteiger partial charge on any atom is 0.303 e. The first-order chi connectivity index (χ1) is 9.42. The summed E-state index contributed by atoms with van der Waals surface area (Å²) in [7, 11) is 0. The van der Waals surface area contributed by atoms with Gasteiger partial charge in [0.05, 0.1) is 0 Å². The Morgan fingerprint density at radius 3 is 2.75 bits per heavy atom. The number of hydrogen-bond donors (Lipinski definition) is 2. The number of carbonyl (C=O) groups is 2. The Kier molecular flexibility index (Phi) is 6.44. The van der Waals surface area contributed by atoms with E-state index in [-0.39, 0.29) is 30.3 Å². The molecular weight excluding hydrogens is 328 g/mol. The Morgan fingerprint density at radius 1 is 1.45 bits per heavy atom. The number of carbonyl (C=O) groups excluding carboxylic acids is 1. The van der Waals surface area contributed by atoms with Gasteiger partial charge < -0.3 is 15.0 Å². The van der Waals surface area contributed by atoms with Gasteiger partial charge in [-0.3, -0.25) is 14.4 Å². The second kappa shape index (κ2) is 7.84. The van der Waals surface area contributed by atoms with Gasteiger partial charge in [0.2, 0.25) is 5.91 Å². The van der Waals surface area contributed by atoms with Crippen molar-refractivity contribution in [2.24, 2.45) is 5.92 Å². The molecule has 1 amide bonds. The number of aliphatic carboxylic acids is 1. The minimum Gasteiger partial charge on any atom is -0.481 e. The lowest BCUT2D eigenvalue weighted by molar-refractivity contribution is -0.138. The van der Waals surface area contributed by atoms with Gasteiger partial charge in [0.15, 0.2) is 0 Å². The first-order valence-electron chi connectivity index (χ1n) is 6.26. The summed E-state index contributed by atoms with van der Waals surface area (Å²) < 4.78 is 2.00. The molecule has 0 saturated heterocycles. The van der Waals surface area contributed by atoms with Gasteiger partial charge in [0.25, 0.3) is 5.56 Å². The zero-order valence-corrected chi connectivity index (χ0v) is 12.7. The fourth-order valence-electron chi connectivity index (χ4n) is 1.70. The summed E-state index contributed by atoms with van der Waals surface area (Å²) in [4.78, 5) is 33.9. The summed E-state index contributed by atoms with van der Waals surface area (Å²) in [6.07, 6.45) is 2.23. The van der Waals surface area contributed by atoms with Crippen LogP contribution in [0.3, 0.4) is 0 Å². The third kappa shape index (κ3) is 5.56. The molecule has 2 N–H and O–H groups in total. The van der Waals surface area contributed by atoms with Crippen molar-refractivity contribution in [2.75, 3.05) is 6.54 Å². The van der Waals surface area contributed by atoms with Crippen LogP contribution < -0.4 is 10.9 Å². The lowest BCUT2D eigenvalue weighted by Gasteiger charge is -2.14. The minimum atomic E-state index is -0.880. The monoisotopic (exact) mass is 344 g/mol. The predicted octanol–water partition coefficient (Wildman–Crippen LogP) is 1.23. The van der Waals surface area contributed by atoms with Gasteiger partial charge in [-0.25, -0.2) is 0 Å². The summed E-state index contributed by atoms with van der Waals surface area (Å²) in [5, 5.41) is 11.4. The van der Waals surface area contributed by atoms with Crippen LogP contribution in [0.15, 0.2) is 27.6 Å². The molecule has 110 valence electrons. The first kappa shape index (κ1) is 16.4. The van der Waals surface area contributed by atoms with Crippen LogP contribution in [-0.2, 0) is 16.1 Å². The fourth-order valence-corrected chi connectivity index (χ4v) is 2.08. The number of rotatable bonds is 7. The zero-order chi connectivity index (χ0) is 15.1. The van der Waals surface area contributed by atoms with Crippen molar-refractivity contribution in [1.82, 2.24) is 9.88 Å². The van der Waals surface area contributed by atoms with E-state index in [4.69, 9.17) is 5.11 Å². The molecule has 7 heteroatoms. The highest BCUT2D eigenvalue weighted by Crippen LogP contribution is 2.07. The van der Waals surface area contributed by atoms with Crippen molar-refractivity contribution < 1.29 is 14.7 Å². The van der Waals surface area contributed by atoms with Crippen LogP contribution >= 0.6 is 15.9 Å². The number of amides is 1. The van der Waals surface area contributed by atoms with Crippen molar-refractivity contribution >= 4 is 27.8 Å². The van der Waals surface area contributed by atoms with Gasteiger partial charge in [-0.1, -0.05) is 13.3 Å². The number of carboxylic acid groups (broad SMARTS) is 1. The summed E-state index contributed by atoms with van der Waals surface area (Å²) in [5.74, 6) is -1.29. The molecule has 0 radical (unpaired) electrons. The molecule has 1 rings (SSSR count). The van der Waals surface area contributed by atoms with Gasteiger partial charge in [-0.05, 0) is 27.9 Å². The SMILES string of the molecule is CCC(CNC(=O)Cn1cc(Br)ccc1=O)CC(=O)O. The molecular formula is C13H17BrN2O4. The van der Waals surface area contributed by atoms with Crippen molar-refractivity contribution in [3.63, 3.8) is 0 Å². The maximum atomic E-state index is 11.7. The number of pyridine rings is 1. The summed E-state index contributed by atoms with van der Waals surface area (Å²) in [5.41, 5.74) is -0.263. The Morgan fingerprint density at radius 2 is 2.15 bits per heavy atom. The lowest BCUT2D eigenvalue weighted by Crippen LogP contribution is -2.35. The molecule has 1 unspecified atom stereocenters. The Labute approximate surface area is 124 Å². The number of nitrogens with one attached hydrogen (secondary N) is 1. The van der Waals surface area contributed by atoms with Crippen LogP contribution in [0, 0.1) is 5.92 Å². The molecule has 0 aliphatic heterocycles. The average molecular weight is 345 g/mol. The van der Waals surface area contributed by atoms with E-state index in [1.54, 1.807) is 6.07 Å². The Balaban J connectivity index is 2.53. The molecule has 0 spiro atoms. The standard InChI is InChI=1S/C13H17BrN2O4/c1-2-9(5-13(19)20)6-15-11(17)8-16-7-10(14)3-4-12(16)18/h3-4,7,9H,2,5-6,8H2,1H3,(H,15,17)(H,19,20). The van der Waals surface area contributed by atoms with E-state index in [0.29, 0.717) is 17.4 Å². The van der Waals surface area contributed by atoms with Gasteiger partial charge in [0.1, 0.15) is 6.54 Å². The molecule has 0 aromatic carbocycles. The van der Waals surface area contributed by atoms with Gasteiger partial charge in [0, 0.05) is 29.7 Å².